The monoisotopic (exact) mass is 184 g/mol. The van der Waals surface area contributed by atoms with E-state index in [0.717, 1.165) is 0 Å². The number of rotatable bonds is 3. The maximum absolute atomic E-state index is 11.3. The third kappa shape index (κ3) is 2.51. The highest BCUT2D eigenvalue weighted by Gasteiger charge is 2.11. The van der Waals surface area contributed by atoms with Gasteiger partial charge in [-0.05, 0) is 6.92 Å². The molecule has 2 N–H and O–H groups in total. The van der Waals surface area contributed by atoms with Crippen LogP contribution in [0.15, 0.2) is 6.20 Å². The van der Waals surface area contributed by atoms with Gasteiger partial charge in [-0.15, -0.1) is 5.10 Å². The molecular formula is C7H12N4O2. The Morgan fingerprint density at radius 2 is 2.54 bits per heavy atom. The number of hydrogen-bond donors (Lipinski definition) is 2. The van der Waals surface area contributed by atoms with E-state index in [1.54, 1.807) is 14.0 Å². The molecule has 6 heteroatoms. The molecule has 0 unspecified atom stereocenters. The maximum atomic E-state index is 11.3. The second-order valence-electron chi connectivity index (χ2n) is 2.83. The second kappa shape index (κ2) is 3.99. The minimum atomic E-state index is -0.324. The topological polar surface area (TPSA) is 80.0 Å². The molecule has 1 rings (SSSR count). The van der Waals surface area contributed by atoms with E-state index < -0.39 is 0 Å². The number of amides is 1. The number of carbonyl (C=O) groups excluding carboxylic acids is 1. The molecule has 0 fully saturated rings. The average molecular weight is 184 g/mol. The fraction of sp³-hybridized carbons (Fsp3) is 0.571. The third-order valence-corrected chi connectivity index (χ3v) is 1.49. The molecule has 0 saturated carbocycles. The van der Waals surface area contributed by atoms with Crippen LogP contribution in [0.25, 0.3) is 0 Å². The summed E-state index contributed by atoms with van der Waals surface area (Å²) >= 11 is 0. The van der Waals surface area contributed by atoms with E-state index in [9.17, 15) is 4.79 Å². The Morgan fingerprint density at radius 1 is 1.85 bits per heavy atom. The highest BCUT2D eigenvalue weighted by Crippen LogP contribution is 1.91. The molecule has 0 spiro atoms. The lowest BCUT2D eigenvalue weighted by Crippen LogP contribution is -2.35. The summed E-state index contributed by atoms with van der Waals surface area (Å²) in [5.41, 5.74) is 0.253. The lowest BCUT2D eigenvalue weighted by atomic mass is 10.3. The largest absolute Gasteiger partial charge is 0.394 e. The van der Waals surface area contributed by atoms with Crippen LogP contribution in [-0.4, -0.2) is 38.7 Å². The molecule has 1 aromatic rings. The van der Waals surface area contributed by atoms with E-state index in [1.807, 2.05) is 0 Å². The van der Waals surface area contributed by atoms with Crippen molar-refractivity contribution < 1.29 is 9.90 Å². The summed E-state index contributed by atoms with van der Waals surface area (Å²) in [5.74, 6) is -0.324. The zero-order valence-corrected chi connectivity index (χ0v) is 7.56. The van der Waals surface area contributed by atoms with Gasteiger partial charge in [0.1, 0.15) is 0 Å². The van der Waals surface area contributed by atoms with Crippen LogP contribution in [-0.2, 0) is 7.05 Å². The molecule has 0 aliphatic heterocycles. The number of hydrogen-bond acceptors (Lipinski definition) is 4. The van der Waals surface area contributed by atoms with Crippen molar-refractivity contribution >= 4 is 5.91 Å². The van der Waals surface area contributed by atoms with Gasteiger partial charge in [-0.1, -0.05) is 5.21 Å². The minimum Gasteiger partial charge on any atom is -0.394 e. The number of aliphatic hydroxyl groups excluding tert-OH is 1. The van der Waals surface area contributed by atoms with Gasteiger partial charge in [0.05, 0.1) is 12.8 Å². The molecule has 0 aliphatic rings. The van der Waals surface area contributed by atoms with Gasteiger partial charge in [0.2, 0.25) is 0 Å². The van der Waals surface area contributed by atoms with Crippen LogP contribution in [0.1, 0.15) is 17.4 Å². The van der Waals surface area contributed by atoms with Crippen LogP contribution in [0.2, 0.25) is 0 Å². The Morgan fingerprint density at radius 3 is 3.00 bits per heavy atom. The molecule has 0 aliphatic carbocycles. The Hall–Kier alpha value is -1.43. The molecule has 1 amide bonds. The van der Waals surface area contributed by atoms with Crippen molar-refractivity contribution in [2.45, 2.75) is 13.0 Å². The fourth-order valence-electron chi connectivity index (χ4n) is 0.795. The van der Waals surface area contributed by atoms with Crippen LogP contribution in [0.5, 0.6) is 0 Å². The number of carbonyl (C=O) groups is 1. The summed E-state index contributed by atoms with van der Waals surface area (Å²) in [6.45, 7) is 1.61. The van der Waals surface area contributed by atoms with E-state index in [1.165, 1.54) is 10.9 Å². The quantitative estimate of drug-likeness (QED) is 0.626. The molecule has 1 aromatic heterocycles. The van der Waals surface area contributed by atoms with E-state index >= 15 is 0 Å². The predicted molar refractivity (Wildman–Crippen MR) is 45.0 cm³/mol. The van der Waals surface area contributed by atoms with Crippen LogP contribution in [0.3, 0.4) is 0 Å². The number of aromatic nitrogens is 3. The Labute approximate surface area is 75.6 Å². The molecule has 72 valence electrons. The van der Waals surface area contributed by atoms with Crippen molar-refractivity contribution in [2.24, 2.45) is 7.05 Å². The molecular weight excluding hydrogens is 172 g/mol. The highest BCUT2D eigenvalue weighted by molar-refractivity contribution is 5.92. The van der Waals surface area contributed by atoms with Gasteiger partial charge < -0.3 is 10.4 Å². The number of nitrogens with zero attached hydrogens (tertiary/aromatic N) is 3. The number of aliphatic hydroxyl groups is 1. The van der Waals surface area contributed by atoms with Crippen LogP contribution in [0.4, 0.5) is 0 Å². The SMILES string of the molecule is C[C@H](CO)NC(=O)c1cn(C)nn1. The summed E-state index contributed by atoms with van der Waals surface area (Å²) in [6.07, 6.45) is 1.51. The van der Waals surface area contributed by atoms with E-state index in [0.29, 0.717) is 0 Å². The van der Waals surface area contributed by atoms with Crippen molar-refractivity contribution in [3.63, 3.8) is 0 Å². The summed E-state index contributed by atoms with van der Waals surface area (Å²) in [6, 6.07) is -0.269. The minimum absolute atomic E-state index is 0.0913. The Bertz CT molecular complexity index is 296. The first kappa shape index (κ1) is 9.66. The second-order valence-corrected chi connectivity index (χ2v) is 2.83. The van der Waals surface area contributed by atoms with Crippen molar-refractivity contribution in [3.8, 4) is 0 Å². The molecule has 1 atom stereocenters. The van der Waals surface area contributed by atoms with Gasteiger partial charge in [0.15, 0.2) is 5.69 Å². The zero-order valence-electron chi connectivity index (χ0n) is 7.56. The van der Waals surface area contributed by atoms with Crippen molar-refractivity contribution in [2.75, 3.05) is 6.61 Å². The molecule has 13 heavy (non-hydrogen) atoms. The first-order chi connectivity index (χ1) is 6.13. The summed E-state index contributed by atoms with van der Waals surface area (Å²) in [4.78, 5) is 11.3. The van der Waals surface area contributed by atoms with E-state index in [4.69, 9.17) is 5.11 Å². The summed E-state index contributed by atoms with van der Waals surface area (Å²) in [5, 5.41) is 18.5. The van der Waals surface area contributed by atoms with Crippen molar-refractivity contribution in [1.82, 2.24) is 20.3 Å². The van der Waals surface area contributed by atoms with E-state index in [2.05, 4.69) is 15.6 Å². The molecule has 0 aromatic carbocycles. The summed E-state index contributed by atoms with van der Waals surface area (Å²) in [7, 11) is 1.68. The molecule has 1 heterocycles. The van der Waals surface area contributed by atoms with Crippen LogP contribution >= 0.6 is 0 Å². The zero-order chi connectivity index (χ0) is 9.84. The predicted octanol–water partition coefficient (Wildman–Crippen LogP) is -1.07. The van der Waals surface area contributed by atoms with E-state index in [-0.39, 0.29) is 24.2 Å². The Balaban J connectivity index is 2.58. The van der Waals surface area contributed by atoms with Gasteiger partial charge >= 0.3 is 0 Å². The normalized spacial score (nSPS) is 12.5. The molecule has 0 radical (unpaired) electrons. The number of nitrogens with one attached hydrogen (secondary N) is 1. The third-order valence-electron chi connectivity index (χ3n) is 1.49. The van der Waals surface area contributed by atoms with Gasteiger partial charge in [-0.3, -0.25) is 9.48 Å². The lowest BCUT2D eigenvalue weighted by molar-refractivity contribution is 0.0917. The van der Waals surface area contributed by atoms with Gasteiger partial charge in [-0.25, -0.2) is 0 Å². The Kier molecular flexibility index (Phi) is 2.97. The highest BCUT2D eigenvalue weighted by atomic mass is 16.3. The maximum Gasteiger partial charge on any atom is 0.273 e. The molecule has 0 saturated heterocycles. The van der Waals surface area contributed by atoms with Crippen LogP contribution < -0.4 is 5.32 Å². The first-order valence-electron chi connectivity index (χ1n) is 3.91. The molecule has 6 nitrogen and oxygen atoms in total. The van der Waals surface area contributed by atoms with Crippen molar-refractivity contribution in [1.29, 1.82) is 0 Å². The standard InChI is InChI=1S/C7H12N4O2/c1-5(4-12)8-7(13)6-3-11(2)10-9-6/h3,5,12H,4H2,1-2H3,(H,8,13)/t5-/m1/s1. The van der Waals surface area contributed by atoms with Gasteiger partial charge in [-0.2, -0.15) is 0 Å². The summed E-state index contributed by atoms with van der Waals surface area (Å²) < 4.78 is 1.44. The molecule has 0 bridgehead atoms. The average Bonchev–Trinajstić information content (AvgIpc) is 2.51. The van der Waals surface area contributed by atoms with Crippen molar-refractivity contribution in [3.05, 3.63) is 11.9 Å². The van der Waals surface area contributed by atoms with Crippen LogP contribution in [0, 0.1) is 0 Å². The fourth-order valence-corrected chi connectivity index (χ4v) is 0.795. The lowest BCUT2D eigenvalue weighted by Gasteiger charge is -2.07. The first-order valence-corrected chi connectivity index (χ1v) is 3.91. The number of aryl methyl sites for hydroxylation is 1. The van der Waals surface area contributed by atoms with Gasteiger partial charge in [0, 0.05) is 13.1 Å². The van der Waals surface area contributed by atoms with Gasteiger partial charge in [0.25, 0.3) is 5.91 Å². The smallest absolute Gasteiger partial charge is 0.273 e.